The van der Waals surface area contributed by atoms with Gasteiger partial charge in [0, 0.05) is 5.03 Å². The summed E-state index contributed by atoms with van der Waals surface area (Å²) in [5.41, 5.74) is 0.925. The Kier molecular flexibility index (Phi) is 3.55. The summed E-state index contributed by atoms with van der Waals surface area (Å²) in [6, 6.07) is 0. The topological polar surface area (TPSA) is 0 Å². The molecule has 0 bridgehead atoms. The van der Waals surface area contributed by atoms with Gasteiger partial charge in [-0.2, -0.15) is 0 Å². The summed E-state index contributed by atoms with van der Waals surface area (Å²) in [5, 5.41) is 0.481. The fourth-order valence-corrected chi connectivity index (χ4v) is 0.469. The Morgan fingerprint density at radius 1 is 1.33 bits per heavy atom. The molecule has 0 radical (unpaired) electrons. The zero-order valence-corrected chi connectivity index (χ0v) is 6.59. The van der Waals surface area contributed by atoms with Crippen molar-refractivity contribution in [3.8, 4) is 0 Å². The molecule has 0 N–H and O–H groups in total. The average Bonchev–Trinajstić information content (AvgIpc) is 1.63. The maximum absolute atomic E-state index is 12.1. The van der Waals surface area contributed by atoms with E-state index in [1.165, 1.54) is 13.0 Å². The maximum Gasteiger partial charge on any atom is 0.0983 e. The van der Waals surface area contributed by atoms with Crippen LogP contribution in [0.25, 0.3) is 0 Å². The summed E-state index contributed by atoms with van der Waals surface area (Å²) in [7, 11) is 0. The van der Waals surface area contributed by atoms with Gasteiger partial charge >= 0.3 is 0 Å². The van der Waals surface area contributed by atoms with Gasteiger partial charge in [0.2, 0.25) is 0 Å². The van der Waals surface area contributed by atoms with Crippen LogP contribution in [0.3, 0.4) is 0 Å². The van der Waals surface area contributed by atoms with Crippen molar-refractivity contribution in [3.05, 3.63) is 22.5 Å². The van der Waals surface area contributed by atoms with Gasteiger partial charge in [-0.25, -0.2) is 4.39 Å². The van der Waals surface area contributed by atoms with Crippen molar-refractivity contribution in [2.24, 2.45) is 0 Å². The standard InChI is InChI=1S/C7H10ClF/c1-5(2)7(8)4-6(3)9/h4H,1-3H3/b6-4+. The molecular formula is C7H10ClF. The highest BCUT2D eigenvalue weighted by Crippen LogP contribution is 2.12. The Hall–Kier alpha value is -0.300. The van der Waals surface area contributed by atoms with Crippen molar-refractivity contribution in [1.29, 1.82) is 0 Å². The fourth-order valence-electron chi connectivity index (χ4n) is 0.319. The minimum Gasteiger partial charge on any atom is -0.212 e. The third kappa shape index (κ3) is 4.22. The molecule has 0 amide bonds. The van der Waals surface area contributed by atoms with Crippen molar-refractivity contribution >= 4 is 11.6 Å². The minimum absolute atomic E-state index is 0.263. The first kappa shape index (κ1) is 8.70. The van der Waals surface area contributed by atoms with Crippen molar-refractivity contribution < 1.29 is 4.39 Å². The van der Waals surface area contributed by atoms with Gasteiger partial charge in [0.15, 0.2) is 0 Å². The van der Waals surface area contributed by atoms with Crippen molar-refractivity contribution in [2.75, 3.05) is 0 Å². The second-order valence-electron chi connectivity index (χ2n) is 2.08. The SMILES string of the molecule is CC(C)=C(Cl)/C=C(\C)F. The molecule has 0 saturated heterocycles. The van der Waals surface area contributed by atoms with Crippen molar-refractivity contribution in [3.63, 3.8) is 0 Å². The van der Waals surface area contributed by atoms with Crippen molar-refractivity contribution in [2.45, 2.75) is 20.8 Å². The predicted molar refractivity (Wildman–Crippen MR) is 39.1 cm³/mol. The molecule has 0 aliphatic carbocycles. The second-order valence-corrected chi connectivity index (χ2v) is 2.49. The summed E-state index contributed by atoms with van der Waals surface area (Å²) in [6.07, 6.45) is 1.30. The Morgan fingerprint density at radius 3 is 1.89 bits per heavy atom. The molecule has 0 aromatic carbocycles. The predicted octanol–water partition coefficient (Wildman–Crippen LogP) is 3.39. The summed E-state index contributed by atoms with van der Waals surface area (Å²) in [5.74, 6) is -0.263. The molecule has 0 atom stereocenters. The van der Waals surface area contributed by atoms with Gasteiger partial charge in [-0.05, 0) is 26.8 Å². The van der Waals surface area contributed by atoms with E-state index in [1.54, 1.807) is 0 Å². The highest BCUT2D eigenvalue weighted by Gasteiger charge is 1.89. The van der Waals surface area contributed by atoms with E-state index in [0.717, 1.165) is 5.57 Å². The molecule has 0 heterocycles. The molecule has 0 saturated carbocycles. The van der Waals surface area contributed by atoms with Crippen LogP contribution in [0.4, 0.5) is 4.39 Å². The summed E-state index contributed by atoms with van der Waals surface area (Å²) < 4.78 is 12.1. The van der Waals surface area contributed by atoms with E-state index < -0.39 is 0 Å². The summed E-state index contributed by atoms with van der Waals surface area (Å²) >= 11 is 5.57. The van der Waals surface area contributed by atoms with Crippen LogP contribution in [0.15, 0.2) is 22.5 Å². The molecule has 0 aliphatic rings. The van der Waals surface area contributed by atoms with Gasteiger partial charge in [0.1, 0.15) is 0 Å². The van der Waals surface area contributed by atoms with E-state index in [2.05, 4.69) is 0 Å². The lowest BCUT2D eigenvalue weighted by atomic mass is 10.3. The Labute approximate surface area is 60.0 Å². The van der Waals surface area contributed by atoms with Crippen LogP contribution >= 0.6 is 11.6 Å². The highest BCUT2D eigenvalue weighted by molar-refractivity contribution is 6.31. The number of hydrogen-bond donors (Lipinski definition) is 0. The minimum atomic E-state index is -0.263. The van der Waals surface area contributed by atoms with Crippen LogP contribution < -0.4 is 0 Å². The molecule has 0 spiro atoms. The molecule has 9 heavy (non-hydrogen) atoms. The number of hydrogen-bond acceptors (Lipinski definition) is 0. The molecule has 2 heteroatoms. The monoisotopic (exact) mass is 148 g/mol. The Bertz CT molecular complexity index is 148. The van der Waals surface area contributed by atoms with E-state index in [9.17, 15) is 4.39 Å². The Morgan fingerprint density at radius 2 is 1.78 bits per heavy atom. The first-order chi connectivity index (χ1) is 4.04. The fraction of sp³-hybridized carbons (Fsp3) is 0.429. The van der Waals surface area contributed by atoms with Crippen LogP contribution in [-0.2, 0) is 0 Å². The molecule has 0 unspecified atom stereocenters. The van der Waals surface area contributed by atoms with E-state index in [4.69, 9.17) is 11.6 Å². The van der Waals surface area contributed by atoms with Crippen LogP contribution in [0.2, 0.25) is 0 Å². The molecule has 52 valence electrons. The normalized spacial score (nSPS) is 11.4. The first-order valence-electron chi connectivity index (χ1n) is 2.71. The molecule has 0 nitrogen and oxygen atoms in total. The lowest BCUT2D eigenvalue weighted by Crippen LogP contribution is -1.70. The lowest BCUT2D eigenvalue weighted by molar-refractivity contribution is 0.640. The van der Waals surface area contributed by atoms with Gasteiger partial charge < -0.3 is 0 Å². The summed E-state index contributed by atoms with van der Waals surface area (Å²) in [4.78, 5) is 0. The summed E-state index contributed by atoms with van der Waals surface area (Å²) in [6.45, 7) is 5.04. The Balaban J connectivity index is 4.25. The van der Waals surface area contributed by atoms with E-state index >= 15 is 0 Å². The van der Waals surface area contributed by atoms with Gasteiger partial charge in [-0.1, -0.05) is 17.2 Å². The quantitative estimate of drug-likeness (QED) is 0.500. The van der Waals surface area contributed by atoms with Gasteiger partial charge in [0.05, 0.1) is 5.83 Å². The van der Waals surface area contributed by atoms with E-state index in [-0.39, 0.29) is 5.83 Å². The maximum atomic E-state index is 12.1. The van der Waals surface area contributed by atoms with E-state index in [0.29, 0.717) is 5.03 Å². The zero-order chi connectivity index (χ0) is 7.44. The smallest absolute Gasteiger partial charge is 0.0983 e. The van der Waals surface area contributed by atoms with E-state index in [1.807, 2.05) is 13.8 Å². The van der Waals surface area contributed by atoms with Crippen LogP contribution in [-0.4, -0.2) is 0 Å². The van der Waals surface area contributed by atoms with Gasteiger partial charge in [-0.15, -0.1) is 0 Å². The number of rotatable bonds is 1. The molecule has 0 aromatic rings. The van der Waals surface area contributed by atoms with Gasteiger partial charge in [0.25, 0.3) is 0 Å². The van der Waals surface area contributed by atoms with Crippen molar-refractivity contribution in [1.82, 2.24) is 0 Å². The number of halogens is 2. The molecule has 0 rings (SSSR count). The average molecular weight is 149 g/mol. The van der Waals surface area contributed by atoms with Crippen LogP contribution in [0.1, 0.15) is 20.8 Å². The second kappa shape index (κ2) is 3.67. The third-order valence-electron chi connectivity index (χ3n) is 0.803. The largest absolute Gasteiger partial charge is 0.212 e. The first-order valence-corrected chi connectivity index (χ1v) is 3.08. The van der Waals surface area contributed by atoms with Gasteiger partial charge in [-0.3, -0.25) is 0 Å². The zero-order valence-electron chi connectivity index (χ0n) is 5.83. The molecule has 0 aliphatic heterocycles. The number of allylic oxidation sites excluding steroid dienone is 4. The van der Waals surface area contributed by atoms with Crippen LogP contribution in [0.5, 0.6) is 0 Å². The molecular weight excluding hydrogens is 139 g/mol. The lowest BCUT2D eigenvalue weighted by Gasteiger charge is -1.90. The molecule has 0 aromatic heterocycles. The highest BCUT2D eigenvalue weighted by atomic mass is 35.5. The molecule has 0 fully saturated rings. The third-order valence-corrected chi connectivity index (χ3v) is 1.29. The van der Waals surface area contributed by atoms with Crippen LogP contribution in [0, 0.1) is 0 Å².